The first kappa shape index (κ1) is 13.3. The van der Waals surface area contributed by atoms with E-state index in [1.54, 1.807) is 4.72 Å². The molecule has 4 nitrogen and oxygen atoms in total. The summed E-state index contributed by atoms with van der Waals surface area (Å²) in [6.07, 6.45) is -4.67. The second-order valence-corrected chi connectivity index (χ2v) is 5.04. The molecule has 9 heteroatoms. The van der Waals surface area contributed by atoms with Crippen molar-refractivity contribution in [2.45, 2.75) is 6.18 Å². The minimum atomic E-state index is -4.67. The minimum absolute atomic E-state index is 0.180. The fourth-order valence-corrected chi connectivity index (χ4v) is 1.84. The zero-order valence-corrected chi connectivity index (χ0v) is 9.95. The molecule has 0 saturated carbocycles. The Kier molecular flexibility index (Phi) is 3.50. The Morgan fingerprint density at radius 3 is 2.31 bits per heavy atom. The highest BCUT2D eigenvalue weighted by Crippen LogP contribution is 2.36. The molecule has 90 valence electrons. The Morgan fingerprint density at radius 1 is 1.31 bits per heavy atom. The number of rotatable bonds is 2. The molecule has 0 bridgehead atoms. The number of hydrogen-bond donors (Lipinski definition) is 2. The van der Waals surface area contributed by atoms with E-state index in [1.807, 2.05) is 0 Å². The molecule has 0 radical (unpaired) electrons. The van der Waals surface area contributed by atoms with E-state index in [2.05, 4.69) is 21.1 Å². The van der Waals surface area contributed by atoms with Crippen LogP contribution in [0.25, 0.3) is 0 Å². The highest BCUT2D eigenvalue weighted by molar-refractivity contribution is 9.10. The number of nitrogens with one attached hydrogen (secondary N) is 1. The molecule has 0 atom stereocenters. The van der Waals surface area contributed by atoms with E-state index in [4.69, 9.17) is 0 Å². The van der Waals surface area contributed by atoms with Crippen LogP contribution in [0.2, 0.25) is 0 Å². The molecule has 0 heterocycles. The number of anilines is 1. The smallest absolute Gasteiger partial charge is 0.271 e. The maximum Gasteiger partial charge on any atom is 0.418 e. The molecule has 1 aromatic rings. The average Bonchev–Trinajstić information content (AvgIpc) is 2.04. The first-order valence-electron chi connectivity index (χ1n) is 3.77. The van der Waals surface area contributed by atoms with Crippen LogP contribution in [0.3, 0.4) is 0 Å². The molecule has 1 aromatic carbocycles. The van der Waals surface area contributed by atoms with Crippen LogP contribution in [-0.2, 0) is 16.4 Å². The molecule has 3 N–H and O–H groups in total. The van der Waals surface area contributed by atoms with Crippen LogP contribution in [0, 0.1) is 0 Å². The quantitative estimate of drug-likeness (QED) is 0.876. The zero-order valence-electron chi connectivity index (χ0n) is 7.55. The van der Waals surface area contributed by atoms with Gasteiger partial charge in [0.1, 0.15) is 0 Å². The van der Waals surface area contributed by atoms with Crippen LogP contribution in [0.15, 0.2) is 22.7 Å². The minimum Gasteiger partial charge on any atom is -0.271 e. The van der Waals surface area contributed by atoms with E-state index < -0.39 is 27.6 Å². The van der Waals surface area contributed by atoms with Crippen molar-refractivity contribution in [2.75, 3.05) is 4.72 Å². The third-order valence-electron chi connectivity index (χ3n) is 1.54. The highest BCUT2D eigenvalue weighted by atomic mass is 79.9. The van der Waals surface area contributed by atoms with Crippen molar-refractivity contribution in [3.8, 4) is 0 Å². The Balaban J connectivity index is 3.29. The number of benzene rings is 1. The Labute approximate surface area is 97.9 Å². The number of hydrogen-bond acceptors (Lipinski definition) is 2. The summed E-state index contributed by atoms with van der Waals surface area (Å²) in [6, 6.07) is 2.99. The van der Waals surface area contributed by atoms with Gasteiger partial charge in [-0.05, 0) is 18.2 Å². The van der Waals surface area contributed by atoms with Gasteiger partial charge in [0.15, 0.2) is 0 Å². The molecule has 0 aliphatic rings. The van der Waals surface area contributed by atoms with Gasteiger partial charge in [0.2, 0.25) is 0 Å². The molecule has 0 aromatic heterocycles. The summed E-state index contributed by atoms with van der Waals surface area (Å²) in [6.45, 7) is 0. The lowest BCUT2D eigenvalue weighted by atomic mass is 10.2. The number of nitrogens with two attached hydrogens (primary N) is 1. The topological polar surface area (TPSA) is 72.2 Å². The van der Waals surface area contributed by atoms with Crippen molar-refractivity contribution < 1.29 is 21.6 Å². The Morgan fingerprint density at radius 2 is 1.88 bits per heavy atom. The van der Waals surface area contributed by atoms with Gasteiger partial charge in [-0.1, -0.05) is 15.9 Å². The summed E-state index contributed by atoms with van der Waals surface area (Å²) in [5.41, 5.74) is -1.73. The van der Waals surface area contributed by atoms with Gasteiger partial charge < -0.3 is 0 Å². The second-order valence-electron chi connectivity index (χ2n) is 2.83. The van der Waals surface area contributed by atoms with Gasteiger partial charge in [0.25, 0.3) is 10.2 Å². The van der Waals surface area contributed by atoms with Crippen molar-refractivity contribution >= 4 is 31.8 Å². The molecular formula is C7H6BrF3N2O2S. The van der Waals surface area contributed by atoms with E-state index in [9.17, 15) is 21.6 Å². The summed E-state index contributed by atoms with van der Waals surface area (Å²) >= 11 is 2.86. The predicted octanol–water partition coefficient (Wildman–Crippen LogP) is 2.08. The third-order valence-corrected chi connectivity index (χ3v) is 2.54. The van der Waals surface area contributed by atoms with Crippen molar-refractivity contribution in [3.05, 3.63) is 28.2 Å². The first-order valence-corrected chi connectivity index (χ1v) is 6.11. The summed E-state index contributed by atoms with van der Waals surface area (Å²) in [5.74, 6) is 0. The van der Waals surface area contributed by atoms with Crippen LogP contribution < -0.4 is 9.86 Å². The fourth-order valence-electron chi connectivity index (χ4n) is 0.993. The van der Waals surface area contributed by atoms with Crippen molar-refractivity contribution in [1.82, 2.24) is 0 Å². The zero-order chi connectivity index (χ0) is 12.6. The maximum absolute atomic E-state index is 12.5. The molecule has 0 aliphatic carbocycles. The molecule has 0 amide bonds. The predicted molar refractivity (Wildman–Crippen MR) is 55.9 cm³/mol. The summed E-state index contributed by atoms with van der Waals surface area (Å²) in [7, 11) is -4.24. The molecule has 0 spiro atoms. The van der Waals surface area contributed by atoms with Crippen molar-refractivity contribution in [1.29, 1.82) is 0 Å². The van der Waals surface area contributed by atoms with Gasteiger partial charge in [-0.25, -0.2) is 5.14 Å². The monoisotopic (exact) mass is 318 g/mol. The van der Waals surface area contributed by atoms with Gasteiger partial charge >= 0.3 is 6.18 Å². The molecule has 16 heavy (non-hydrogen) atoms. The van der Waals surface area contributed by atoms with E-state index >= 15 is 0 Å². The lowest BCUT2D eigenvalue weighted by Gasteiger charge is -2.13. The standard InChI is InChI=1S/C7H6BrF3N2O2S/c8-4-1-2-6(13-16(12,14)15)5(3-4)7(9,10)11/h1-3,13H,(H2,12,14,15). The number of alkyl halides is 3. The molecule has 0 aliphatic heterocycles. The van der Waals surface area contributed by atoms with Gasteiger partial charge in [0.05, 0.1) is 11.3 Å². The second kappa shape index (κ2) is 4.22. The molecule has 1 rings (SSSR count). The Hall–Kier alpha value is -0.800. The molecule has 0 unspecified atom stereocenters. The largest absolute Gasteiger partial charge is 0.418 e. The lowest BCUT2D eigenvalue weighted by Crippen LogP contribution is -2.23. The number of halogens is 4. The Bertz CT molecular complexity index is 501. The highest BCUT2D eigenvalue weighted by Gasteiger charge is 2.34. The van der Waals surface area contributed by atoms with E-state index in [-0.39, 0.29) is 4.47 Å². The maximum atomic E-state index is 12.5. The summed E-state index contributed by atoms with van der Waals surface area (Å²) in [5, 5.41) is 4.60. The van der Waals surface area contributed by atoms with Crippen LogP contribution in [0.1, 0.15) is 5.56 Å². The van der Waals surface area contributed by atoms with Gasteiger partial charge in [-0.3, -0.25) is 4.72 Å². The van der Waals surface area contributed by atoms with Crippen LogP contribution >= 0.6 is 15.9 Å². The fraction of sp³-hybridized carbons (Fsp3) is 0.143. The molecule has 0 fully saturated rings. The third kappa shape index (κ3) is 3.65. The SMILES string of the molecule is NS(=O)(=O)Nc1ccc(Br)cc1C(F)(F)F. The van der Waals surface area contributed by atoms with E-state index in [0.717, 1.165) is 12.1 Å². The lowest BCUT2D eigenvalue weighted by molar-refractivity contribution is -0.136. The van der Waals surface area contributed by atoms with Crippen LogP contribution in [0.5, 0.6) is 0 Å². The normalized spacial score (nSPS) is 12.6. The van der Waals surface area contributed by atoms with E-state index in [1.165, 1.54) is 6.07 Å². The molecular weight excluding hydrogens is 313 g/mol. The van der Waals surface area contributed by atoms with Gasteiger partial charge in [-0.2, -0.15) is 21.6 Å². The van der Waals surface area contributed by atoms with E-state index in [0.29, 0.717) is 0 Å². The van der Waals surface area contributed by atoms with Crippen molar-refractivity contribution in [2.24, 2.45) is 5.14 Å². The van der Waals surface area contributed by atoms with Crippen LogP contribution in [-0.4, -0.2) is 8.42 Å². The van der Waals surface area contributed by atoms with Crippen molar-refractivity contribution in [3.63, 3.8) is 0 Å². The summed E-state index contributed by atoms with van der Waals surface area (Å²) in [4.78, 5) is 0. The van der Waals surface area contributed by atoms with Gasteiger partial charge in [0, 0.05) is 4.47 Å². The molecule has 0 saturated heterocycles. The first-order chi connectivity index (χ1) is 7.09. The van der Waals surface area contributed by atoms with Crippen LogP contribution in [0.4, 0.5) is 18.9 Å². The average molecular weight is 319 g/mol. The van der Waals surface area contributed by atoms with Gasteiger partial charge in [-0.15, -0.1) is 0 Å². The summed E-state index contributed by atoms with van der Waals surface area (Å²) < 4.78 is 60.6.